The van der Waals surface area contributed by atoms with E-state index >= 15 is 0 Å². The van der Waals surface area contributed by atoms with E-state index in [2.05, 4.69) is 5.32 Å². The van der Waals surface area contributed by atoms with Gasteiger partial charge in [0.2, 0.25) is 5.91 Å². The fraction of sp³-hybridized carbons (Fsp3) is 0.368. The van der Waals surface area contributed by atoms with Gasteiger partial charge in [-0.05, 0) is 37.1 Å². The Hall–Kier alpha value is -1.83. The van der Waals surface area contributed by atoms with Gasteiger partial charge in [-0.1, -0.05) is 29.3 Å². The van der Waals surface area contributed by atoms with Gasteiger partial charge < -0.3 is 19.5 Å². The zero-order valence-electron chi connectivity index (χ0n) is 15.0. The summed E-state index contributed by atoms with van der Waals surface area (Å²) in [4.78, 5) is 28.5. The van der Waals surface area contributed by atoms with Crippen molar-refractivity contribution in [3.8, 4) is 0 Å². The molecule has 148 valence electrons. The topological polar surface area (TPSA) is 65.8 Å². The minimum atomic E-state index is -0.283. The Balaban J connectivity index is 1.41. The highest BCUT2D eigenvalue weighted by molar-refractivity contribution is 8.01. The summed E-state index contributed by atoms with van der Waals surface area (Å²) in [7, 11) is 0. The molecule has 3 amide bonds. The predicted octanol–water partition coefficient (Wildman–Crippen LogP) is 4.69. The molecule has 2 saturated heterocycles. The number of hydrogen-bond donors (Lipinski definition) is 1. The number of nitrogens with one attached hydrogen (secondary N) is 1. The highest BCUT2D eigenvalue weighted by Crippen LogP contribution is 2.45. The number of thioether (sulfide) groups is 1. The Labute approximate surface area is 177 Å². The number of likely N-dealkylation sites (tertiary alicyclic amines) is 1. The van der Waals surface area contributed by atoms with Gasteiger partial charge >= 0.3 is 6.03 Å². The lowest BCUT2D eigenvalue weighted by atomic mass is 10.0. The minimum Gasteiger partial charge on any atom is -0.467 e. The summed E-state index contributed by atoms with van der Waals surface area (Å²) < 4.78 is 5.42. The van der Waals surface area contributed by atoms with Crippen molar-refractivity contribution in [3.63, 3.8) is 0 Å². The highest BCUT2D eigenvalue weighted by Gasteiger charge is 2.48. The monoisotopic (exact) mass is 439 g/mol. The second-order valence-corrected chi connectivity index (χ2v) is 8.94. The summed E-state index contributed by atoms with van der Waals surface area (Å²) in [5, 5.41) is 3.55. The van der Waals surface area contributed by atoms with Gasteiger partial charge in [0.1, 0.15) is 5.76 Å². The Morgan fingerprint density at radius 3 is 2.71 bits per heavy atom. The summed E-state index contributed by atoms with van der Waals surface area (Å²) in [5.41, 5.74) is 0.490. The summed E-state index contributed by atoms with van der Waals surface area (Å²) in [6, 6.07) is 8.61. The van der Waals surface area contributed by atoms with E-state index in [0.29, 0.717) is 54.0 Å². The maximum atomic E-state index is 12.6. The summed E-state index contributed by atoms with van der Waals surface area (Å²) >= 11 is 13.8. The number of amides is 3. The number of anilines is 1. The number of nitrogens with zero attached hydrogens (tertiary/aromatic N) is 2. The number of rotatable bonds is 3. The van der Waals surface area contributed by atoms with Crippen LogP contribution in [0.2, 0.25) is 10.0 Å². The molecule has 0 atom stereocenters. The number of piperidine rings is 1. The van der Waals surface area contributed by atoms with Crippen molar-refractivity contribution in [2.45, 2.75) is 24.3 Å². The molecule has 6 nitrogen and oxygen atoms in total. The molecule has 2 aliphatic rings. The standard InChI is InChI=1S/C19H19Cl2N3O3S/c20-14-4-1-5-15(17(14)21)22-18(26)23-8-6-19(7-9-23)24(16(25)12-28-19)11-13-3-2-10-27-13/h1-5,10H,6-9,11-12H2,(H,22,26). The first-order chi connectivity index (χ1) is 13.5. The highest BCUT2D eigenvalue weighted by atomic mass is 35.5. The molecule has 1 N–H and O–H groups in total. The van der Waals surface area contributed by atoms with Gasteiger partial charge in [0.15, 0.2) is 0 Å². The average molecular weight is 440 g/mol. The molecular weight excluding hydrogens is 421 g/mol. The van der Waals surface area contributed by atoms with Crippen LogP contribution in [0.25, 0.3) is 0 Å². The number of benzene rings is 1. The van der Waals surface area contributed by atoms with E-state index in [1.54, 1.807) is 41.1 Å². The van der Waals surface area contributed by atoms with Gasteiger partial charge in [-0.25, -0.2) is 4.79 Å². The molecule has 0 aliphatic carbocycles. The Morgan fingerprint density at radius 1 is 1.21 bits per heavy atom. The smallest absolute Gasteiger partial charge is 0.321 e. The van der Waals surface area contributed by atoms with E-state index in [9.17, 15) is 9.59 Å². The maximum absolute atomic E-state index is 12.6. The molecule has 9 heteroatoms. The van der Waals surface area contributed by atoms with Gasteiger partial charge in [-0.3, -0.25) is 4.79 Å². The van der Waals surface area contributed by atoms with Crippen LogP contribution < -0.4 is 5.32 Å². The van der Waals surface area contributed by atoms with Crippen LogP contribution >= 0.6 is 35.0 Å². The molecule has 1 aromatic heterocycles. The van der Waals surface area contributed by atoms with Crippen LogP contribution in [0, 0.1) is 0 Å². The second kappa shape index (κ2) is 7.89. The van der Waals surface area contributed by atoms with Gasteiger partial charge in [-0.15, -0.1) is 11.8 Å². The molecule has 2 aromatic rings. The van der Waals surface area contributed by atoms with E-state index in [4.69, 9.17) is 27.6 Å². The molecular formula is C19H19Cl2N3O3S. The van der Waals surface area contributed by atoms with Crippen LogP contribution in [0.3, 0.4) is 0 Å². The van der Waals surface area contributed by atoms with Crippen molar-refractivity contribution in [1.82, 2.24) is 9.80 Å². The number of halogens is 2. The van der Waals surface area contributed by atoms with Gasteiger partial charge in [-0.2, -0.15) is 0 Å². The van der Waals surface area contributed by atoms with E-state index in [1.807, 2.05) is 17.0 Å². The molecule has 28 heavy (non-hydrogen) atoms. The van der Waals surface area contributed by atoms with Crippen molar-refractivity contribution in [2.24, 2.45) is 0 Å². The van der Waals surface area contributed by atoms with Crippen LogP contribution in [0.4, 0.5) is 10.5 Å². The second-order valence-electron chi connectivity index (χ2n) is 6.81. The minimum absolute atomic E-state index is 0.116. The normalized spacial score (nSPS) is 18.7. The third-order valence-corrected chi connectivity index (χ3v) is 7.55. The molecule has 1 spiro atoms. The first-order valence-corrected chi connectivity index (χ1v) is 10.7. The van der Waals surface area contributed by atoms with Crippen molar-refractivity contribution in [1.29, 1.82) is 0 Å². The SMILES string of the molecule is O=C(Nc1cccc(Cl)c1Cl)N1CCC2(CC1)SCC(=O)N2Cc1ccco1. The van der Waals surface area contributed by atoms with Gasteiger partial charge in [0.25, 0.3) is 0 Å². The molecule has 0 radical (unpaired) electrons. The van der Waals surface area contributed by atoms with E-state index < -0.39 is 0 Å². The third-order valence-electron chi connectivity index (χ3n) is 5.18. The number of carbonyl (C=O) groups excluding carboxylic acids is 2. The lowest BCUT2D eigenvalue weighted by Crippen LogP contribution is -2.53. The quantitative estimate of drug-likeness (QED) is 0.753. The Bertz CT molecular complexity index is 883. The molecule has 3 heterocycles. The summed E-state index contributed by atoms with van der Waals surface area (Å²) in [5.74, 6) is 1.35. The third kappa shape index (κ3) is 3.71. The summed E-state index contributed by atoms with van der Waals surface area (Å²) in [6.07, 6.45) is 3.03. The Morgan fingerprint density at radius 2 is 2.00 bits per heavy atom. The fourth-order valence-electron chi connectivity index (χ4n) is 3.64. The van der Waals surface area contributed by atoms with Crippen molar-refractivity contribution < 1.29 is 14.0 Å². The van der Waals surface area contributed by atoms with Crippen LogP contribution in [-0.2, 0) is 11.3 Å². The summed E-state index contributed by atoms with van der Waals surface area (Å²) in [6.45, 7) is 1.57. The van der Waals surface area contributed by atoms with Crippen LogP contribution in [-0.4, -0.2) is 45.5 Å². The maximum Gasteiger partial charge on any atom is 0.321 e. The molecule has 2 aliphatic heterocycles. The lowest BCUT2D eigenvalue weighted by molar-refractivity contribution is -0.132. The molecule has 0 unspecified atom stereocenters. The number of carbonyl (C=O) groups is 2. The largest absolute Gasteiger partial charge is 0.467 e. The van der Waals surface area contributed by atoms with Crippen LogP contribution in [0.1, 0.15) is 18.6 Å². The van der Waals surface area contributed by atoms with Gasteiger partial charge in [0.05, 0.1) is 39.2 Å². The molecule has 4 rings (SSSR count). The van der Waals surface area contributed by atoms with Crippen molar-refractivity contribution in [2.75, 3.05) is 24.2 Å². The molecule has 0 saturated carbocycles. The zero-order valence-corrected chi connectivity index (χ0v) is 17.3. The Kier molecular flexibility index (Phi) is 5.49. The first-order valence-electron chi connectivity index (χ1n) is 8.95. The van der Waals surface area contributed by atoms with Crippen molar-refractivity contribution >= 4 is 52.6 Å². The fourth-order valence-corrected chi connectivity index (χ4v) is 5.33. The molecule has 0 bridgehead atoms. The first kappa shape index (κ1) is 19.5. The molecule has 2 fully saturated rings. The lowest BCUT2D eigenvalue weighted by Gasteiger charge is -2.43. The average Bonchev–Trinajstić information content (AvgIpc) is 3.31. The number of furan rings is 1. The van der Waals surface area contributed by atoms with E-state index in [1.165, 1.54) is 0 Å². The van der Waals surface area contributed by atoms with Gasteiger partial charge in [0, 0.05) is 13.1 Å². The van der Waals surface area contributed by atoms with Crippen molar-refractivity contribution in [3.05, 3.63) is 52.4 Å². The van der Waals surface area contributed by atoms with E-state index in [-0.39, 0.29) is 16.8 Å². The number of hydrogen-bond acceptors (Lipinski definition) is 4. The van der Waals surface area contributed by atoms with E-state index in [0.717, 1.165) is 5.76 Å². The number of urea groups is 1. The zero-order chi connectivity index (χ0) is 19.7. The predicted molar refractivity (Wildman–Crippen MR) is 111 cm³/mol. The van der Waals surface area contributed by atoms with Crippen LogP contribution in [0.5, 0.6) is 0 Å². The van der Waals surface area contributed by atoms with Crippen LogP contribution in [0.15, 0.2) is 41.0 Å². The molecule has 1 aromatic carbocycles.